The SMILES string of the molecule is CCN(Cc1ccccc1)C(=O)CN1C(=O)N(c2ccc(C)c(Cl)c2)C2CS(=O)(=O)CC21. The summed E-state index contributed by atoms with van der Waals surface area (Å²) in [6, 6.07) is 13.4. The van der Waals surface area contributed by atoms with Gasteiger partial charge in [-0.05, 0) is 37.1 Å². The maximum atomic E-state index is 13.4. The molecule has 2 aromatic carbocycles. The highest BCUT2D eigenvalue weighted by atomic mass is 35.5. The fraction of sp³-hybridized carbons (Fsp3) is 0.391. The van der Waals surface area contributed by atoms with Crippen LogP contribution in [0.1, 0.15) is 18.1 Å². The summed E-state index contributed by atoms with van der Waals surface area (Å²) in [5.41, 5.74) is 2.40. The number of hydrogen-bond donors (Lipinski definition) is 0. The van der Waals surface area contributed by atoms with Crippen molar-refractivity contribution in [1.29, 1.82) is 0 Å². The van der Waals surface area contributed by atoms with Gasteiger partial charge >= 0.3 is 6.03 Å². The summed E-state index contributed by atoms with van der Waals surface area (Å²) in [6.07, 6.45) is 0. The molecule has 2 unspecified atom stereocenters. The van der Waals surface area contributed by atoms with Crippen LogP contribution in [-0.2, 0) is 21.2 Å². The Bertz CT molecular complexity index is 1140. The third-order valence-corrected chi connectivity index (χ3v) is 8.27. The lowest BCUT2D eigenvalue weighted by atomic mass is 10.1. The molecule has 7 nitrogen and oxygen atoms in total. The molecule has 0 radical (unpaired) electrons. The van der Waals surface area contributed by atoms with Crippen LogP contribution in [0, 0.1) is 6.92 Å². The summed E-state index contributed by atoms with van der Waals surface area (Å²) in [5, 5.41) is 0.502. The fourth-order valence-electron chi connectivity index (χ4n) is 4.42. The molecule has 9 heteroatoms. The fourth-order valence-corrected chi connectivity index (χ4v) is 6.55. The summed E-state index contributed by atoms with van der Waals surface area (Å²) < 4.78 is 24.9. The van der Waals surface area contributed by atoms with E-state index in [0.29, 0.717) is 23.8 Å². The van der Waals surface area contributed by atoms with Crippen LogP contribution in [0.2, 0.25) is 5.02 Å². The Morgan fingerprint density at radius 2 is 1.81 bits per heavy atom. The molecule has 2 aliphatic heterocycles. The molecule has 2 aliphatic rings. The Morgan fingerprint density at radius 1 is 1.12 bits per heavy atom. The average Bonchev–Trinajstić information content (AvgIpc) is 3.19. The number of carbonyl (C=O) groups excluding carboxylic acids is 2. The number of halogens is 1. The summed E-state index contributed by atoms with van der Waals surface area (Å²) in [5.74, 6) is -0.477. The number of fused-ring (bicyclic) bond motifs is 1. The molecule has 3 amide bonds. The van der Waals surface area contributed by atoms with Gasteiger partial charge in [0.1, 0.15) is 6.54 Å². The van der Waals surface area contributed by atoms with Gasteiger partial charge < -0.3 is 9.80 Å². The number of nitrogens with zero attached hydrogens (tertiary/aromatic N) is 3. The summed E-state index contributed by atoms with van der Waals surface area (Å²) in [6.45, 7) is 4.50. The first-order valence-corrected chi connectivity index (χ1v) is 12.8. The zero-order chi connectivity index (χ0) is 23.0. The Hall–Kier alpha value is -2.58. The van der Waals surface area contributed by atoms with Crippen molar-refractivity contribution in [2.24, 2.45) is 0 Å². The van der Waals surface area contributed by atoms with Crippen LogP contribution >= 0.6 is 11.6 Å². The lowest BCUT2D eigenvalue weighted by molar-refractivity contribution is -0.132. The second-order valence-corrected chi connectivity index (χ2v) is 10.9. The highest BCUT2D eigenvalue weighted by Crippen LogP contribution is 2.36. The predicted octanol–water partition coefficient (Wildman–Crippen LogP) is 3.10. The highest BCUT2D eigenvalue weighted by Gasteiger charge is 2.54. The number of benzene rings is 2. The van der Waals surface area contributed by atoms with Gasteiger partial charge in [0.2, 0.25) is 5.91 Å². The molecule has 170 valence electrons. The minimum Gasteiger partial charge on any atom is -0.337 e. The topological polar surface area (TPSA) is 78.0 Å². The molecule has 2 atom stereocenters. The zero-order valence-corrected chi connectivity index (χ0v) is 19.6. The van der Waals surface area contributed by atoms with Crippen molar-refractivity contribution in [3.8, 4) is 0 Å². The summed E-state index contributed by atoms with van der Waals surface area (Å²) >= 11 is 6.27. The van der Waals surface area contributed by atoms with Gasteiger partial charge in [-0.2, -0.15) is 0 Å². The lowest BCUT2D eigenvalue weighted by Crippen LogP contribution is -2.45. The van der Waals surface area contributed by atoms with Gasteiger partial charge in [0.25, 0.3) is 0 Å². The smallest absolute Gasteiger partial charge is 0.325 e. The monoisotopic (exact) mass is 475 g/mol. The van der Waals surface area contributed by atoms with E-state index in [9.17, 15) is 18.0 Å². The Balaban J connectivity index is 1.59. The van der Waals surface area contributed by atoms with Gasteiger partial charge in [-0.3, -0.25) is 9.69 Å². The van der Waals surface area contributed by atoms with Crippen molar-refractivity contribution in [3.63, 3.8) is 0 Å². The van der Waals surface area contributed by atoms with E-state index in [1.807, 2.05) is 44.2 Å². The van der Waals surface area contributed by atoms with E-state index in [1.165, 1.54) is 9.80 Å². The number of aryl methyl sites for hydroxylation is 1. The minimum atomic E-state index is -3.32. The predicted molar refractivity (Wildman–Crippen MR) is 125 cm³/mol. The Morgan fingerprint density at radius 3 is 2.47 bits per heavy atom. The normalized spacial score (nSPS) is 21.7. The second kappa shape index (κ2) is 8.75. The number of hydrogen-bond acceptors (Lipinski definition) is 4. The maximum Gasteiger partial charge on any atom is 0.325 e. The van der Waals surface area contributed by atoms with E-state index in [1.54, 1.807) is 23.1 Å². The van der Waals surface area contributed by atoms with E-state index in [-0.39, 0.29) is 30.0 Å². The molecular formula is C23H26ClN3O4S. The van der Waals surface area contributed by atoms with E-state index < -0.39 is 21.9 Å². The number of anilines is 1. The van der Waals surface area contributed by atoms with Gasteiger partial charge in [0.15, 0.2) is 9.84 Å². The molecule has 0 N–H and O–H groups in total. The number of sulfone groups is 1. The van der Waals surface area contributed by atoms with Crippen LogP contribution in [0.25, 0.3) is 0 Å². The Labute approximate surface area is 193 Å². The van der Waals surface area contributed by atoms with Crippen LogP contribution in [0.4, 0.5) is 10.5 Å². The number of amides is 3. The van der Waals surface area contributed by atoms with Crippen molar-refractivity contribution in [2.45, 2.75) is 32.5 Å². The van der Waals surface area contributed by atoms with Gasteiger partial charge in [-0.15, -0.1) is 0 Å². The molecule has 0 saturated carbocycles. The summed E-state index contributed by atoms with van der Waals surface area (Å²) in [7, 11) is -3.32. The van der Waals surface area contributed by atoms with Crippen LogP contribution in [0.3, 0.4) is 0 Å². The first kappa shape index (κ1) is 22.6. The molecule has 2 fully saturated rings. The maximum absolute atomic E-state index is 13.4. The molecule has 0 aliphatic carbocycles. The second-order valence-electron chi connectivity index (χ2n) is 8.32. The van der Waals surface area contributed by atoms with Gasteiger partial charge in [-0.25, -0.2) is 13.2 Å². The van der Waals surface area contributed by atoms with Gasteiger partial charge in [-0.1, -0.05) is 48.0 Å². The van der Waals surface area contributed by atoms with Crippen molar-refractivity contribution in [1.82, 2.24) is 9.80 Å². The molecule has 0 bridgehead atoms. The van der Waals surface area contributed by atoms with Crippen molar-refractivity contribution < 1.29 is 18.0 Å². The molecule has 2 aromatic rings. The molecule has 2 saturated heterocycles. The highest BCUT2D eigenvalue weighted by molar-refractivity contribution is 7.91. The average molecular weight is 476 g/mol. The van der Waals surface area contributed by atoms with Crippen molar-refractivity contribution in [3.05, 3.63) is 64.7 Å². The lowest BCUT2D eigenvalue weighted by Gasteiger charge is -2.26. The first-order valence-electron chi connectivity index (χ1n) is 10.6. The van der Waals surface area contributed by atoms with E-state index in [4.69, 9.17) is 11.6 Å². The molecule has 2 heterocycles. The summed E-state index contributed by atoms with van der Waals surface area (Å²) in [4.78, 5) is 31.1. The van der Waals surface area contributed by atoms with Crippen LogP contribution < -0.4 is 4.90 Å². The quantitative estimate of drug-likeness (QED) is 0.601. The zero-order valence-electron chi connectivity index (χ0n) is 18.1. The minimum absolute atomic E-state index is 0.124. The van der Waals surface area contributed by atoms with Crippen LogP contribution in [0.15, 0.2) is 48.5 Å². The van der Waals surface area contributed by atoms with E-state index in [0.717, 1.165) is 11.1 Å². The number of carbonyl (C=O) groups is 2. The third kappa shape index (κ3) is 4.34. The number of likely N-dealkylation sites (N-methyl/N-ethyl adjacent to an activating group) is 1. The number of rotatable bonds is 6. The van der Waals surface area contributed by atoms with Crippen LogP contribution in [-0.4, -0.2) is 66.8 Å². The molecule has 0 spiro atoms. The molecule has 0 aromatic heterocycles. The van der Waals surface area contributed by atoms with E-state index in [2.05, 4.69) is 0 Å². The third-order valence-electron chi connectivity index (χ3n) is 6.17. The Kier molecular flexibility index (Phi) is 6.18. The molecule has 4 rings (SSSR count). The van der Waals surface area contributed by atoms with Crippen molar-refractivity contribution in [2.75, 3.05) is 29.5 Å². The largest absolute Gasteiger partial charge is 0.337 e. The molecular weight excluding hydrogens is 450 g/mol. The first-order chi connectivity index (χ1) is 15.2. The van der Waals surface area contributed by atoms with Crippen molar-refractivity contribution >= 4 is 39.1 Å². The molecule has 32 heavy (non-hydrogen) atoms. The van der Waals surface area contributed by atoms with E-state index >= 15 is 0 Å². The number of urea groups is 1. The van der Waals surface area contributed by atoms with Gasteiger partial charge in [0.05, 0.1) is 23.6 Å². The van der Waals surface area contributed by atoms with Gasteiger partial charge in [0, 0.05) is 23.8 Å². The van der Waals surface area contributed by atoms with Crippen LogP contribution in [0.5, 0.6) is 0 Å². The standard InChI is InChI=1S/C23H26ClN3O4S/c1-3-25(12-17-7-5-4-6-8-17)22(28)13-26-20-14-32(30,31)15-21(20)27(23(26)29)18-10-9-16(2)19(24)11-18/h4-11,20-21H,3,12-15H2,1-2H3.